The predicted molar refractivity (Wildman–Crippen MR) is 200 cm³/mol. The fraction of sp³-hybridized carbons (Fsp3) is 0.256. The maximum absolute atomic E-state index is 14.8. The number of hydrogen-bond donors (Lipinski definition) is 0. The van der Waals surface area contributed by atoms with Crippen molar-refractivity contribution >= 4 is 23.9 Å². The van der Waals surface area contributed by atoms with E-state index in [1.54, 1.807) is 0 Å². The maximum atomic E-state index is 14.8. The van der Waals surface area contributed by atoms with Crippen molar-refractivity contribution in [2.24, 2.45) is 0 Å². The van der Waals surface area contributed by atoms with Crippen molar-refractivity contribution in [3.05, 3.63) is 144 Å². The van der Waals surface area contributed by atoms with Gasteiger partial charge in [0, 0.05) is 24.3 Å². The van der Waals surface area contributed by atoms with E-state index in [1.165, 1.54) is 12.1 Å². The third kappa shape index (κ3) is 12.2. The number of carbonyl (C=O) groups excluding carboxylic acids is 4. The van der Waals surface area contributed by atoms with Gasteiger partial charge in [0.05, 0.1) is 37.6 Å². The summed E-state index contributed by atoms with van der Waals surface area (Å²) in [5.74, 6) is -6.96. The standard InChI is InChI=1S/C43H36F8O10/c1-3-37(52)58-23-7-5-21-56-31-17-19-33(35(44)25-31)39(54)60-29-13-9-27(10-14-29)41(42(46,47)48,43(49,50)51)28-11-15-30(16-12-28)61-40(55)34-20-18-32(26-36(34)45)57-22-6-8-24-59-38(53)4-2/h3-4,9-20,25-26H,1-2,5-8,21-24H2. The summed E-state index contributed by atoms with van der Waals surface area (Å²) in [6, 6.07) is 10.7. The molecule has 0 fully saturated rings. The number of unbranched alkanes of at least 4 members (excludes halogenated alkanes) is 2. The SMILES string of the molecule is C=CC(=O)OCCCCOc1ccc(C(=O)Oc2ccc(C(c3ccc(OC(=O)c4ccc(OCCCCOC(=O)C=C)cc4F)cc3)(C(F)(F)F)C(F)(F)F)cc2)c(F)c1. The summed E-state index contributed by atoms with van der Waals surface area (Å²) in [7, 11) is 0. The van der Waals surface area contributed by atoms with E-state index < -0.39 is 87.0 Å². The van der Waals surface area contributed by atoms with Gasteiger partial charge >= 0.3 is 36.2 Å². The molecule has 0 aliphatic carbocycles. The van der Waals surface area contributed by atoms with Crippen LogP contribution in [0.1, 0.15) is 57.5 Å². The lowest BCUT2D eigenvalue weighted by Crippen LogP contribution is -2.54. The highest BCUT2D eigenvalue weighted by Gasteiger charge is 2.72. The highest BCUT2D eigenvalue weighted by Crippen LogP contribution is 2.56. The topological polar surface area (TPSA) is 124 Å². The average Bonchev–Trinajstić information content (AvgIpc) is 3.20. The monoisotopic (exact) mass is 864 g/mol. The number of ether oxygens (including phenoxy) is 6. The van der Waals surface area contributed by atoms with Crippen LogP contribution in [0.3, 0.4) is 0 Å². The molecule has 0 atom stereocenters. The Labute approximate surface area is 343 Å². The Balaban J connectivity index is 1.43. The van der Waals surface area contributed by atoms with E-state index in [0.29, 0.717) is 74.2 Å². The van der Waals surface area contributed by atoms with E-state index in [4.69, 9.17) is 28.4 Å². The molecule has 324 valence electrons. The van der Waals surface area contributed by atoms with Gasteiger partial charge in [-0.05, 0) is 85.3 Å². The summed E-state index contributed by atoms with van der Waals surface area (Å²) < 4.78 is 149. The van der Waals surface area contributed by atoms with Gasteiger partial charge in [-0.3, -0.25) is 0 Å². The molecular formula is C43H36F8O10. The van der Waals surface area contributed by atoms with E-state index in [0.717, 1.165) is 36.4 Å². The second kappa shape index (κ2) is 21.0. The lowest BCUT2D eigenvalue weighted by molar-refractivity contribution is -0.288. The first-order chi connectivity index (χ1) is 28.9. The van der Waals surface area contributed by atoms with Crippen molar-refractivity contribution in [1.82, 2.24) is 0 Å². The fourth-order valence-electron chi connectivity index (χ4n) is 5.61. The van der Waals surface area contributed by atoms with E-state index >= 15 is 0 Å². The van der Waals surface area contributed by atoms with Crippen LogP contribution in [0.25, 0.3) is 0 Å². The molecule has 61 heavy (non-hydrogen) atoms. The third-order valence-electron chi connectivity index (χ3n) is 8.60. The average molecular weight is 865 g/mol. The fourth-order valence-corrected chi connectivity index (χ4v) is 5.61. The quantitative estimate of drug-likeness (QED) is 0.0279. The van der Waals surface area contributed by atoms with E-state index in [1.807, 2.05) is 0 Å². The highest BCUT2D eigenvalue weighted by molar-refractivity contribution is 5.92. The van der Waals surface area contributed by atoms with E-state index in [2.05, 4.69) is 13.2 Å². The molecule has 0 aliphatic heterocycles. The Morgan fingerprint density at radius 1 is 0.492 bits per heavy atom. The summed E-state index contributed by atoms with van der Waals surface area (Å²) in [6.45, 7) is 6.95. The van der Waals surface area contributed by atoms with Crippen LogP contribution in [0.15, 0.2) is 110 Å². The molecular weight excluding hydrogens is 828 g/mol. The molecule has 0 aliphatic rings. The van der Waals surface area contributed by atoms with Gasteiger partial charge in [0.2, 0.25) is 5.41 Å². The molecule has 0 heterocycles. The second-order valence-corrected chi connectivity index (χ2v) is 12.7. The normalized spacial score (nSPS) is 11.5. The summed E-state index contributed by atoms with van der Waals surface area (Å²) in [5.41, 5.74) is -8.54. The number of benzene rings is 4. The van der Waals surface area contributed by atoms with Gasteiger partial charge in [-0.1, -0.05) is 37.4 Å². The van der Waals surface area contributed by atoms with Crippen molar-refractivity contribution in [2.75, 3.05) is 26.4 Å². The Hall–Kier alpha value is -6.72. The Kier molecular flexibility index (Phi) is 16.2. The number of carbonyl (C=O) groups is 4. The molecule has 4 aromatic rings. The minimum Gasteiger partial charge on any atom is -0.493 e. The molecule has 0 saturated heterocycles. The molecule has 0 N–H and O–H groups in total. The lowest BCUT2D eigenvalue weighted by Gasteiger charge is -2.38. The minimum absolute atomic E-state index is 0.0322. The molecule has 0 amide bonds. The highest BCUT2D eigenvalue weighted by atomic mass is 19.4. The lowest BCUT2D eigenvalue weighted by atomic mass is 9.73. The molecule has 0 saturated carbocycles. The Morgan fingerprint density at radius 2 is 0.820 bits per heavy atom. The maximum Gasteiger partial charge on any atom is 0.411 e. The molecule has 10 nitrogen and oxygen atoms in total. The first kappa shape index (κ1) is 47.0. The summed E-state index contributed by atoms with van der Waals surface area (Å²) in [6.07, 6.45) is -8.30. The number of esters is 4. The van der Waals surface area contributed by atoms with Crippen molar-refractivity contribution in [3.8, 4) is 23.0 Å². The van der Waals surface area contributed by atoms with Crippen LogP contribution >= 0.6 is 0 Å². The largest absolute Gasteiger partial charge is 0.493 e. The van der Waals surface area contributed by atoms with Crippen LogP contribution in [-0.4, -0.2) is 62.7 Å². The molecule has 18 heteroatoms. The predicted octanol–water partition coefficient (Wildman–Crippen LogP) is 9.59. The zero-order valence-corrected chi connectivity index (χ0v) is 31.9. The van der Waals surface area contributed by atoms with Gasteiger partial charge in [0.1, 0.15) is 34.6 Å². The Bertz CT molecular complexity index is 2030. The molecule has 0 radical (unpaired) electrons. The molecule has 4 aromatic carbocycles. The first-order valence-corrected chi connectivity index (χ1v) is 18.1. The zero-order chi connectivity index (χ0) is 44.8. The van der Waals surface area contributed by atoms with Crippen molar-refractivity contribution in [1.29, 1.82) is 0 Å². The number of hydrogen-bond acceptors (Lipinski definition) is 10. The van der Waals surface area contributed by atoms with Gasteiger partial charge < -0.3 is 28.4 Å². The van der Waals surface area contributed by atoms with Crippen molar-refractivity contribution < 1.29 is 82.7 Å². The summed E-state index contributed by atoms with van der Waals surface area (Å²) >= 11 is 0. The minimum atomic E-state index is -6.02. The zero-order valence-electron chi connectivity index (χ0n) is 31.9. The molecule has 0 aromatic heterocycles. The van der Waals surface area contributed by atoms with Gasteiger partial charge in [-0.15, -0.1) is 0 Å². The molecule has 0 unspecified atom stereocenters. The van der Waals surface area contributed by atoms with Gasteiger partial charge in [0.15, 0.2) is 0 Å². The van der Waals surface area contributed by atoms with Crippen LogP contribution in [-0.2, 0) is 24.5 Å². The summed E-state index contributed by atoms with van der Waals surface area (Å²) in [4.78, 5) is 47.5. The van der Waals surface area contributed by atoms with Crippen LogP contribution in [0, 0.1) is 11.6 Å². The number of rotatable bonds is 20. The van der Waals surface area contributed by atoms with Gasteiger partial charge in [-0.2, -0.15) is 26.3 Å². The third-order valence-corrected chi connectivity index (χ3v) is 8.60. The van der Waals surface area contributed by atoms with Crippen molar-refractivity contribution in [3.63, 3.8) is 0 Å². The Morgan fingerprint density at radius 3 is 1.13 bits per heavy atom. The number of alkyl halides is 6. The van der Waals surface area contributed by atoms with Gasteiger partial charge in [-0.25, -0.2) is 28.0 Å². The summed E-state index contributed by atoms with van der Waals surface area (Å²) in [5, 5.41) is 0. The molecule has 0 bridgehead atoms. The van der Waals surface area contributed by atoms with E-state index in [9.17, 15) is 54.3 Å². The molecule has 0 spiro atoms. The second-order valence-electron chi connectivity index (χ2n) is 12.7. The van der Waals surface area contributed by atoms with Crippen molar-refractivity contribution in [2.45, 2.75) is 43.5 Å². The molecule has 4 rings (SSSR count). The van der Waals surface area contributed by atoms with Crippen LogP contribution in [0.2, 0.25) is 0 Å². The van der Waals surface area contributed by atoms with Crippen LogP contribution in [0.4, 0.5) is 35.1 Å². The smallest absolute Gasteiger partial charge is 0.411 e. The first-order valence-electron chi connectivity index (χ1n) is 18.1. The van der Waals surface area contributed by atoms with Crippen LogP contribution < -0.4 is 18.9 Å². The van der Waals surface area contributed by atoms with Gasteiger partial charge in [0.25, 0.3) is 0 Å². The van der Waals surface area contributed by atoms with E-state index in [-0.39, 0.29) is 37.9 Å². The number of halogens is 8. The van der Waals surface area contributed by atoms with Crippen LogP contribution in [0.5, 0.6) is 23.0 Å².